The summed E-state index contributed by atoms with van der Waals surface area (Å²) in [5, 5.41) is 9.72. The van der Waals surface area contributed by atoms with Crippen molar-refractivity contribution in [3.63, 3.8) is 0 Å². The highest BCUT2D eigenvalue weighted by Crippen LogP contribution is 2.38. The summed E-state index contributed by atoms with van der Waals surface area (Å²) in [5.41, 5.74) is 1.10. The van der Waals surface area contributed by atoms with E-state index in [9.17, 15) is 5.11 Å². The molecule has 1 heterocycles. The lowest BCUT2D eigenvalue weighted by Gasteiger charge is -2.32. The van der Waals surface area contributed by atoms with Crippen molar-refractivity contribution in [1.82, 2.24) is 9.97 Å². The number of aromatic nitrogens is 2. The van der Waals surface area contributed by atoms with Gasteiger partial charge in [0.2, 0.25) is 5.95 Å². The predicted octanol–water partition coefficient (Wildman–Crippen LogP) is 1.84. The zero-order valence-electron chi connectivity index (χ0n) is 13.1. The summed E-state index contributed by atoms with van der Waals surface area (Å²) in [5.74, 6) is 1.69. The van der Waals surface area contributed by atoms with Gasteiger partial charge >= 0.3 is 0 Å². The smallest absolute Gasteiger partial charge is 0.227 e. The molecule has 0 atom stereocenters. The summed E-state index contributed by atoms with van der Waals surface area (Å²) >= 11 is 0. The lowest BCUT2D eigenvalue weighted by Crippen LogP contribution is -2.37. The minimum atomic E-state index is 0.0290. The van der Waals surface area contributed by atoms with Crippen molar-refractivity contribution in [2.45, 2.75) is 32.6 Å². The maximum atomic E-state index is 9.72. The molecule has 1 fully saturated rings. The van der Waals surface area contributed by atoms with Gasteiger partial charge in [-0.15, -0.1) is 0 Å². The third-order valence-electron chi connectivity index (χ3n) is 4.27. The van der Waals surface area contributed by atoms with Gasteiger partial charge in [-0.3, -0.25) is 0 Å². The zero-order chi connectivity index (χ0) is 14.8. The number of rotatable bonds is 5. The first-order chi connectivity index (χ1) is 9.47. The maximum Gasteiger partial charge on any atom is 0.227 e. The normalized spacial score (nSPS) is 17.2. The number of hydrogen-bond acceptors (Lipinski definition) is 5. The van der Waals surface area contributed by atoms with Crippen LogP contribution in [0.15, 0.2) is 6.20 Å². The van der Waals surface area contributed by atoms with E-state index in [4.69, 9.17) is 0 Å². The Morgan fingerprint density at radius 1 is 1.25 bits per heavy atom. The van der Waals surface area contributed by atoms with Crippen LogP contribution in [0.25, 0.3) is 0 Å². The van der Waals surface area contributed by atoms with Crippen LogP contribution in [0.4, 0.5) is 11.8 Å². The molecule has 112 valence electrons. The summed E-state index contributed by atoms with van der Waals surface area (Å²) in [6.45, 7) is 3.09. The molecular formula is C15H26N4O. The van der Waals surface area contributed by atoms with Gasteiger partial charge in [0.05, 0.1) is 6.61 Å². The molecule has 1 aromatic heterocycles. The quantitative estimate of drug-likeness (QED) is 0.890. The Morgan fingerprint density at radius 3 is 2.45 bits per heavy atom. The van der Waals surface area contributed by atoms with E-state index >= 15 is 0 Å². The molecule has 0 amide bonds. The molecule has 1 N–H and O–H groups in total. The number of hydrogen-bond donors (Lipinski definition) is 1. The summed E-state index contributed by atoms with van der Waals surface area (Å²) in [6, 6.07) is 0. The van der Waals surface area contributed by atoms with Crippen molar-refractivity contribution in [3.05, 3.63) is 11.8 Å². The van der Waals surface area contributed by atoms with E-state index in [1.54, 1.807) is 0 Å². The molecule has 0 saturated heterocycles. The number of aliphatic hydroxyl groups excluding tert-OH is 1. The summed E-state index contributed by atoms with van der Waals surface area (Å²) in [7, 11) is 6.00. The molecule has 2 rings (SSSR count). The van der Waals surface area contributed by atoms with E-state index in [0.29, 0.717) is 0 Å². The van der Waals surface area contributed by atoms with Crippen LogP contribution >= 0.6 is 0 Å². The van der Waals surface area contributed by atoms with Crippen LogP contribution in [-0.2, 0) is 0 Å². The maximum absolute atomic E-state index is 9.72. The van der Waals surface area contributed by atoms with Crippen LogP contribution in [0.3, 0.4) is 0 Å². The fourth-order valence-electron chi connectivity index (χ4n) is 3.13. The SMILES string of the molecule is Cc1cnc(N(C)CC2(CO)CCCC2)nc1N(C)C. The van der Waals surface area contributed by atoms with Gasteiger partial charge in [0.25, 0.3) is 0 Å². The van der Waals surface area contributed by atoms with Gasteiger partial charge < -0.3 is 14.9 Å². The van der Waals surface area contributed by atoms with Crippen LogP contribution in [-0.4, -0.2) is 49.4 Å². The Labute approximate surface area is 121 Å². The fraction of sp³-hybridized carbons (Fsp3) is 0.733. The van der Waals surface area contributed by atoms with E-state index in [0.717, 1.165) is 36.7 Å². The topological polar surface area (TPSA) is 52.5 Å². The minimum Gasteiger partial charge on any atom is -0.396 e. The molecular weight excluding hydrogens is 252 g/mol. The van der Waals surface area contributed by atoms with Gasteiger partial charge in [-0.05, 0) is 19.8 Å². The highest BCUT2D eigenvalue weighted by molar-refractivity contribution is 5.48. The van der Waals surface area contributed by atoms with E-state index < -0.39 is 0 Å². The van der Waals surface area contributed by atoms with Crippen LogP contribution in [0, 0.1) is 12.3 Å². The Morgan fingerprint density at radius 2 is 1.90 bits per heavy atom. The minimum absolute atomic E-state index is 0.0290. The molecule has 1 saturated carbocycles. The van der Waals surface area contributed by atoms with Crippen molar-refractivity contribution in [1.29, 1.82) is 0 Å². The molecule has 0 unspecified atom stereocenters. The lowest BCUT2D eigenvalue weighted by molar-refractivity contribution is 0.136. The second-order valence-corrected chi connectivity index (χ2v) is 6.29. The van der Waals surface area contributed by atoms with E-state index in [1.165, 1.54) is 12.8 Å². The van der Waals surface area contributed by atoms with Crippen molar-refractivity contribution in [2.24, 2.45) is 5.41 Å². The van der Waals surface area contributed by atoms with E-state index in [1.807, 2.05) is 39.2 Å². The van der Waals surface area contributed by atoms with Gasteiger partial charge in [-0.25, -0.2) is 4.98 Å². The third kappa shape index (κ3) is 3.03. The summed E-state index contributed by atoms with van der Waals surface area (Å²) in [4.78, 5) is 13.2. The average molecular weight is 278 g/mol. The first kappa shape index (κ1) is 15.0. The summed E-state index contributed by atoms with van der Waals surface area (Å²) in [6.07, 6.45) is 6.49. The third-order valence-corrected chi connectivity index (χ3v) is 4.27. The Balaban J connectivity index is 2.16. The van der Waals surface area contributed by atoms with Gasteiger partial charge in [-0.2, -0.15) is 4.98 Å². The fourth-order valence-corrected chi connectivity index (χ4v) is 3.13. The molecule has 0 radical (unpaired) electrons. The van der Waals surface area contributed by atoms with Crippen molar-refractivity contribution in [2.75, 3.05) is 44.1 Å². The van der Waals surface area contributed by atoms with Gasteiger partial charge in [0.1, 0.15) is 5.82 Å². The number of nitrogens with zero attached hydrogens (tertiary/aromatic N) is 4. The van der Waals surface area contributed by atoms with Gasteiger partial charge in [0, 0.05) is 44.9 Å². The molecule has 1 aliphatic carbocycles. The van der Waals surface area contributed by atoms with E-state index in [-0.39, 0.29) is 12.0 Å². The van der Waals surface area contributed by atoms with Crippen molar-refractivity contribution >= 4 is 11.8 Å². The predicted molar refractivity (Wildman–Crippen MR) is 82.4 cm³/mol. The molecule has 20 heavy (non-hydrogen) atoms. The average Bonchev–Trinajstić information content (AvgIpc) is 2.88. The summed E-state index contributed by atoms with van der Waals surface area (Å²) < 4.78 is 0. The molecule has 0 bridgehead atoms. The molecule has 0 aliphatic heterocycles. The van der Waals surface area contributed by atoms with Crippen molar-refractivity contribution < 1.29 is 5.11 Å². The first-order valence-electron chi connectivity index (χ1n) is 7.30. The van der Waals surface area contributed by atoms with Crippen LogP contribution in [0.2, 0.25) is 0 Å². The highest BCUT2D eigenvalue weighted by Gasteiger charge is 2.34. The largest absolute Gasteiger partial charge is 0.396 e. The Bertz CT molecular complexity index is 455. The van der Waals surface area contributed by atoms with E-state index in [2.05, 4.69) is 14.9 Å². The van der Waals surface area contributed by atoms with Crippen LogP contribution < -0.4 is 9.80 Å². The van der Waals surface area contributed by atoms with Crippen LogP contribution in [0.1, 0.15) is 31.2 Å². The standard InChI is InChI=1S/C15H26N4O/c1-12-9-16-14(17-13(12)18(2)3)19(4)10-15(11-20)7-5-6-8-15/h9,20H,5-8,10-11H2,1-4H3. The van der Waals surface area contributed by atoms with Gasteiger partial charge in [0.15, 0.2) is 0 Å². The number of aryl methyl sites for hydroxylation is 1. The lowest BCUT2D eigenvalue weighted by atomic mass is 9.87. The number of anilines is 2. The molecule has 1 aromatic rings. The first-order valence-corrected chi connectivity index (χ1v) is 7.30. The molecule has 1 aliphatic rings. The second-order valence-electron chi connectivity index (χ2n) is 6.29. The van der Waals surface area contributed by atoms with Crippen LogP contribution in [0.5, 0.6) is 0 Å². The second kappa shape index (κ2) is 5.95. The number of aliphatic hydroxyl groups is 1. The Kier molecular flexibility index (Phi) is 4.48. The molecule has 5 heteroatoms. The monoisotopic (exact) mass is 278 g/mol. The highest BCUT2D eigenvalue weighted by atomic mass is 16.3. The van der Waals surface area contributed by atoms with Crippen molar-refractivity contribution in [3.8, 4) is 0 Å². The van der Waals surface area contributed by atoms with Gasteiger partial charge in [-0.1, -0.05) is 12.8 Å². The molecule has 0 spiro atoms. The molecule has 0 aromatic carbocycles. The molecule has 5 nitrogen and oxygen atoms in total. The Hall–Kier alpha value is -1.36. The zero-order valence-corrected chi connectivity index (χ0v) is 13.1.